The van der Waals surface area contributed by atoms with Gasteiger partial charge in [0, 0.05) is 42.7 Å². The van der Waals surface area contributed by atoms with Gasteiger partial charge in [-0.25, -0.2) is 0 Å². The van der Waals surface area contributed by atoms with Gasteiger partial charge in [-0.3, -0.25) is 9.59 Å². The summed E-state index contributed by atoms with van der Waals surface area (Å²) in [6.07, 6.45) is 2.46. The Balaban J connectivity index is 1.51. The van der Waals surface area contributed by atoms with Gasteiger partial charge in [-0.2, -0.15) is 0 Å². The number of aromatic nitrogens is 1. The largest absolute Gasteiger partial charge is 0.508 e. The molecule has 37 heavy (non-hydrogen) atoms. The summed E-state index contributed by atoms with van der Waals surface area (Å²) in [7, 11) is 1.60. The Bertz CT molecular complexity index is 1350. The molecular formula is C29H31N3O5. The number of aromatic hydroxyl groups is 1. The Morgan fingerprint density at radius 3 is 2.49 bits per heavy atom. The Hall–Kier alpha value is -4.46. The summed E-state index contributed by atoms with van der Waals surface area (Å²) in [6.45, 7) is 1.98. The van der Waals surface area contributed by atoms with Crippen LogP contribution in [0.2, 0.25) is 0 Å². The molecule has 0 aliphatic rings. The van der Waals surface area contributed by atoms with Crippen LogP contribution in [0, 0.1) is 0 Å². The molecule has 3 N–H and O–H groups in total. The highest BCUT2D eigenvalue weighted by Gasteiger charge is 2.22. The molecule has 1 aromatic heterocycles. The molecule has 4 aromatic rings. The first-order valence-electron chi connectivity index (χ1n) is 12.1. The third-order valence-corrected chi connectivity index (χ3v) is 6.15. The molecule has 8 heteroatoms. The van der Waals surface area contributed by atoms with Gasteiger partial charge in [0.1, 0.15) is 17.2 Å². The number of nitrogens with zero attached hydrogens (tertiary/aromatic N) is 1. The average Bonchev–Trinajstić information content (AvgIpc) is 3.31. The fourth-order valence-corrected chi connectivity index (χ4v) is 4.30. The predicted molar refractivity (Wildman–Crippen MR) is 142 cm³/mol. The molecule has 192 valence electrons. The van der Waals surface area contributed by atoms with Crippen LogP contribution in [-0.4, -0.2) is 53.1 Å². The molecule has 0 saturated carbocycles. The molecule has 3 aromatic carbocycles. The number of carbonyl (C=O) groups is 2. The van der Waals surface area contributed by atoms with Crippen LogP contribution < -0.4 is 14.8 Å². The minimum atomic E-state index is -0.367. The summed E-state index contributed by atoms with van der Waals surface area (Å²) in [5, 5.41) is 13.6. The first-order chi connectivity index (χ1) is 17.9. The summed E-state index contributed by atoms with van der Waals surface area (Å²) in [5.41, 5.74) is 2.94. The van der Waals surface area contributed by atoms with Crippen molar-refractivity contribution in [2.75, 3.05) is 20.3 Å². The second-order valence-electron chi connectivity index (χ2n) is 8.82. The quantitative estimate of drug-likeness (QED) is 0.288. The van der Waals surface area contributed by atoms with Crippen LogP contribution in [0.4, 0.5) is 0 Å². The van der Waals surface area contributed by atoms with E-state index in [1.165, 1.54) is 19.1 Å². The number of aromatic amines is 1. The van der Waals surface area contributed by atoms with E-state index in [1.807, 2.05) is 54.7 Å². The number of para-hydroxylation sites is 2. The highest BCUT2D eigenvalue weighted by atomic mass is 16.5. The fraction of sp³-hybridized carbons (Fsp3) is 0.241. The molecule has 0 fully saturated rings. The van der Waals surface area contributed by atoms with Gasteiger partial charge in [0.2, 0.25) is 5.91 Å². The standard InChI is InChI=1S/C29H31N3O5/c1-20(33)32(17-21-7-3-6-10-28(21)36-2)18-23(15-22-16-30-27-9-5-4-8-26(22)27)31-29(35)19-37-25-13-11-24(34)12-14-25/h3-14,16,23,30,34H,15,17-19H2,1-2H3,(H,31,35)/t23-/m1/s1. The highest BCUT2D eigenvalue weighted by Crippen LogP contribution is 2.22. The fourth-order valence-electron chi connectivity index (χ4n) is 4.30. The van der Waals surface area contributed by atoms with Gasteiger partial charge in [-0.15, -0.1) is 0 Å². The Morgan fingerprint density at radius 1 is 1.00 bits per heavy atom. The molecule has 0 radical (unpaired) electrons. The normalized spacial score (nSPS) is 11.6. The van der Waals surface area contributed by atoms with Gasteiger partial charge in [0.15, 0.2) is 6.61 Å². The predicted octanol–water partition coefficient (Wildman–Crippen LogP) is 4.04. The SMILES string of the molecule is COc1ccccc1CN(C[C@@H](Cc1c[nH]c2ccccc12)NC(=O)COc1ccc(O)cc1)C(C)=O. The van der Waals surface area contributed by atoms with Gasteiger partial charge in [0.05, 0.1) is 13.2 Å². The number of H-pyrrole nitrogens is 1. The number of fused-ring (bicyclic) bond motifs is 1. The third-order valence-electron chi connectivity index (χ3n) is 6.15. The molecule has 0 saturated heterocycles. The van der Waals surface area contributed by atoms with Crippen LogP contribution in [0.5, 0.6) is 17.2 Å². The van der Waals surface area contributed by atoms with Crippen molar-refractivity contribution in [1.82, 2.24) is 15.2 Å². The molecule has 0 unspecified atom stereocenters. The van der Waals surface area contributed by atoms with Gasteiger partial charge in [0.25, 0.3) is 5.91 Å². The monoisotopic (exact) mass is 501 g/mol. The van der Waals surface area contributed by atoms with Gasteiger partial charge in [-0.1, -0.05) is 36.4 Å². The molecule has 0 bridgehead atoms. The number of rotatable bonds is 11. The number of benzene rings is 3. The summed E-state index contributed by atoms with van der Waals surface area (Å²) in [4.78, 5) is 30.5. The van der Waals surface area contributed by atoms with Gasteiger partial charge in [-0.05, 0) is 48.4 Å². The molecule has 1 heterocycles. The van der Waals surface area contributed by atoms with Crippen molar-refractivity contribution in [1.29, 1.82) is 0 Å². The Morgan fingerprint density at radius 2 is 1.73 bits per heavy atom. The first-order valence-corrected chi connectivity index (χ1v) is 12.1. The molecule has 1 atom stereocenters. The molecule has 0 aliphatic carbocycles. The lowest BCUT2D eigenvalue weighted by molar-refractivity contribution is -0.131. The van der Waals surface area contributed by atoms with Gasteiger partial charge >= 0.3 is 0 Å². The Kier molecular flexibility index (Phi) is 8.30. The van der Waals surface area contributed by atoms with E-state index in [9.17, 15) is 14.7 Å². The van der Waals surface area contributed by atoms with Crippen LogP contribution >= 0.6 is 0 Å². The topological polar surface area (TPSA) is 104 Å². The van der Waals surface area contributed by atoms with Crippen molar-refractivity contribution in [2.24, 2.45) is 0 Å². The van der Waals surface area contributed by atoms with E-state index in [0.29, 0.717) is 31.0 Å². The highest BCUT2D eigenvalue weighted by molar-refractivity contribution is 5.83. The van der Waals surface area contributed by atoms with Crippen molar-refractivity contribution in [3.05, 3.63) is 90.1 Å². The molecule has 2 amide bonds. The summed E-state index contributed by atoms with van der Waals surface area (Å²) in [5.74, 6) is 0.883. The lowest BCUT2D eigenvalue weighted by atomic mass is 10.0. The molecule has 8 nitrogen and oxygen atoms in total. The average molecular weight is 502 g/mol. The van der Waals surface area contributed by atoms with E-state index in [2.05, 4.69) is 10.3 Å². The number of nitrogens with one attached hydrogen (secondary N) is 2. The number of carbonyl (C=O) groups excluding carboxylic acids is 2. The van der Waals surface area contributed by atoms with Crippen LogP contribution in [0.25, 0.3) is 10.9 Å². The van der Waals surface area contributed by atoms with Crippen LogP contribution in [-0.2, 0) is 22.6 Å². The number of amides is 2. The van der Waals surface area contributed by atoms with Crippen LogP contribution in [0.1, 0.15) is 18.1 Å². The second-order valence-corrected chi connectivity index (χ2v) is 8.82. The maximum Gasteiger partial charge on any atom is 0.258 e. The third kappa shape index (κ3) is 6.82. The van der Waals surface area contributed by atoms with Crippen molar-refractivity contribution in [3.8, 4) is 17.2 Å². The van der Waals surface area contributed by atoms with Crippen molar-refractivity contribution in [2.45, 2.75) is 25.9 Å². The van der Waals surface area contributed by atoms with Crippen LogP contribution in [0.3, 0.4) is 0 Å². The summed E-state index contributed by atoms with van der Waals surface area (Å²) in [6, 6.07) is 21.4. The maximum absolute atomic E-state index is 12.9. The van der Waals surface area contributed by atoms with Crippen molar-refractivity contribution >= 4 is 22.7 Å². The number of phenols is 1. The Labute approximate surface area is 215 Å². The van der Waals surface area contributed by atoms with E-state index in [1.54, 1.807) is 24.1 Å². The molecule has 4 rings (SSSR count). The summed E-state index contributed by atoms with van der Waals surface area (Å²) < 4.78 is 11.0. The van der Waals surface area contributed by atoms with Crippen molar-refractivity contribution < 1.29 is 24.2 Å². The zero-order valence-electron chi connectivity index (χ0n) is 20.9. The molecular weight excluding hydrogens is 470 g/mol. The zero-order valence-corrected chi connectivity index (χ0v) is 20.9. The smallest absolute Gasteiger partial charge is 0.258 e. The van der Waals surface area contributed by atoms with E-state index in [4.69, 9.17) is 9.47 Å². The maximum atomic E-state index is 12.9. The van der Waals surface area contributed by atoms with Gasteiger partial charge < -0.3 is 29.8 Å². The number of methoxy groups -OCH3 is 1. The van der Waals surface area contributed by atoms with Crippen LogP contribution in [0.15, 0.2) is 79.0 Å². The molecule has 0 aliphatic heterocycles. The minimum absolute atomic E-state index is 0.107. The number of hydrogen-bond donors (Lipinski definition) is 3. The minimum Gasteiger partial charge on any atom is -0.508 e. The number of ether oxygens (including phenoxy) is 2. The van der Waals surface area contributed by atoms with E-state index < -0.39 is 0 Å². The second kappa shape index (κ2) is 12.0. The van der Waals surface area contributed by atoms with E-state index >= 15 is 0 Å². The first kappa shape index (κ1) is 25.6. The van der Waals surface area contributed by atoms with E-state index in [0.717, 1.165) is 22.0 Å². The summed E-state index contributed by atoms with van der Waals surface area (Å²) >= 11 is 0. The lowest BCUT2D eigenvalue weighted by Crippen LogP contribution is -2.47. The van der Waals surface area contributed by atoms with Crippen molar-refractivity contribution in [3.63, 3.8) is 0 Å². The zero-order chi connectivity index (χ0) is 26.2. The van der Waals surface area contributed by atoms with E-state index in [-0.39, 0.29) is 30.2 Å². The molecule has 0 spiro atoms. The lowest BCUT2D eigenvalue weighted by Gasteiger charge is -2.28. The number of hydrogen-bond acceptors (Lipinski definition) is 5. The number of phenolic OH excluding ortho intramolecular Hbond substituents is 1.